The van der Waals surface area contributed by atoms with E-state index in [9.17, 15) is 17.2 Å². The van der Waals surface area contributed by atoms with Gasteiger partial charge in [0.15, 0.2) is 0 Å². The highest BCUT2D eigenvalue weighted by atomic mass is 32.2. The second-order valence-electron chi connectivity index (χ2n) is 3.21. The quantitative estimate of drug-likeness (QED) is 0.532. The standard InChI is InChI=1S/C6H10F2O6S/c7-6(8)4(2-15(11,12)13)14-3(1-9)5(6)10/h3-5,9-10H,1-2H2,(H,11,12,13)/t3-,4?,5-/m1/s1. The van der Waals surface area contributed by atoms with Crippen LogP contribution in [0.2, 0.25) is 0 Å². The Morgan fingerprint density at radius 1 is 1.40 bits per heavy atom. The Kier molecular flexibility index (Phi) is 3.31. The highest BCUT2D eigenvalue weighted by molar-refractivity contribution is 7.85. The van der Waals surface area contributed by atoms with E-state index in [1.807, 2.05) is 0 Å². The van der Waals surface area contributed by atoms with Crippen LogP contribution in [0.3, 0.4) is 0 Å². The fourth-order valence-corrected chi connectivity index (χ4v) is 1.98. The molecule has 1 heterocycles. The van der Waals surface area contributed by atoms with Crippen molar-refractivity contribution >= 4 is 10.1 Å². The number of hydrogen-bond acceptors (Lipinski definition) is 5. The molecule has 0 aromatic heterocycles. The van der Waals surface area contributed by atoms with Crippen molar-refractivity contribution in [3.63, 3.8) is 0 Å². The highest BCUT2D eigenvalue weighted by Gasteiger charge is 2.59. The van der Waals surface area contributed by atoms with E-state index in [1.54, 1.807) is 0 Å². The zero-order valence-electron chi connectivity index (χ0n) is 7.38. The third kappa shape index (κ3) is 2.61. The van der Waals surface area contributed by atoms with E-state index >= 15 is 0 Å². The van der Waals surface area contributed by atoms with E-state index in [1.165, 1.54) is 0 Å². The second-order valence-corrected chi connectivity index (χ2v) is 4.71. The molecule has 1 rings (SSSR count). The number of alkyl halides is 2. The lowest BCUT2D eigenvalue weighted by atomic mass is 10.1. The van der Waals surface area contributed by atoms with E-state index in [4.69, 9.17) is 14.8 Å². The third-order valence-electron chi connectivity index (χ3n) is 2.06. The van der Waals surface area contributed by atoms with Gasteiger partial charge in [0.2, 0.25) is 0 Å². The third-order valence-corrected chi connectivity index (χ3v) is 2.78. The van der Waals surface area contributed by atoms with Crippen LogP contribution in [0.15, 0.2) is 0 Å². The van der Waals surface area contributed by atoms with Gasteiger partial charge in [-0.1, -0.05) is 0 Å². The van der Waals surface area contributed by atoms with Crippen molar-refractivity contribution in [1.29, 1.82) is 0 Å². The summed E-state index contributed by atoms with van der Waals surface area (Å²) in [6.45, 7) is -0.862. The molecule has 0 amide bonds. The Bertz CT molecular complexity index is 329. The van der Waals surface area contributed by atoms with Gasteiger partial charge in [0.25, 0.3) is 10.1 Å². The molecule has 9 heteroatoms. The molecule has 3 N–H and O–H groups in total. The fourth-order valence-electron chi connectivity index (χ4n) is 1.30. The van der Waals surface area contributed by atoms with E-state index in [0.717, 1.165) is 0 Å². The first-order valence-electron chi connectivity index (χ1n) is 3.96. The Morgan fingerprint density at radius 3 is 2.27 bits per heavy atom. The number of rotatable bonds is 3. The first-order chi connectivity index (χ1) is 6.68. The molecule has 0 spiro atoms. The van der Waals surface area contributed by atoms with Gasteiger partial charge in [0, 0.05) is 0 Å². The molecular formula is C6H10F2O6S. The molecular weight excluding hydrogens is 238 g/mol. The average molecular weight is 248 g/mol. The van der Waals surface area contributed by atoms with Gasteiger partial charge in [0.1, 0.15) is 24.1 Å². The van der Waals surface area contributed by atoms with Gasteiger partial charge in [-0.2, -0.15) is 8.42 Å². The maximum absolute atomic E-state index is 13.1. The van der Waals surface area contributed by atoms with Crippen LogP contribution in [-0.4, -0.2) is 59.8 Å². The SMILES string of the molecule is O=S(=O)(O)CC1O[C@H](CO)[C@@H](O)C1(F)F. The molecule has 0 bridgehead atoms. The predicted molar refractivity (Wildman–Crippen MR) is 43.1 cm³/mol. The van der Waals surface area contributed by atoms with E-state index < -0.39 is 46.7 Å². The minimum absolute atomic E-state index is 0.862. The fraction of sp³-hybridized carbons (Fsp3) is 1.00. The monoisotopic (exact) mass is 248 g/mol. The molecule has 15 heavy (non-hydrogen) atoms. The predicted octanol–water partition coefficient (Wildman–Crippen LogP) is -1.37. The summed E-state index contributed by atoms with van der Waals surface area (Å²) in [6.07, 6.45) is -5.99. The van der Waals surface area contributed by atoms with E-state index in [-0.39, 0.29) is 0 Å². The van der Waals surface area contributed by atoms with Crippen LogP contribution in [0.25, 0.3) is 0 Å². The molecule has 1 aliphatic heterocycles. The van der Waals surface area contributed by atoms with E-state index in [0.29, 0.717) is 0 Å². The lowest BCUT2D eigenvalue weighted by molar-refractivity contribution is -0.105. The van der Waals surface area contributed by atoms with Gasteiger partial charge < -0.3 is 14.9 Å². The van der Waals surface area contributed by atoms with Crippen molar-refractivity contribution in [2.45, 2.75) is 24.2 Å². The first-order valence-corrected chi connectivity index (χ1v) is 5.56. The molecule has 0 aromatic rings. The summed E-state index contributed by atoms with van der Waals surface area (Å²) in [5.41, 5.74) is 0. The summed E-state index contributed by atoms with van der Waals surface area (Å²) in [7, 11) is -4.63. The van der Waals surface area contributed by atoms with Crippen molar-refractivity contribution in [1.82, 2.24) is 0 Å². The van der Waals surface area contributed by atoms with Crippen LogP contribution in [0.1, 0.15) is 0 Å². The zero-order chi connectivity index (χ0) is 11.9. The van der Waals surface area contributed by atoms with Crippen molar-refractivity contribution < 1.29 is 36.7 Å². The normalized spacial score (nSPS) is 35.7. The molecule has 0 radical (unpaired) electrons. The maximum Gasteiger partial charge on any atom is 0.302 e. The summed E-state index contributed by atoms with van der Waals surface area (Å²) < 4.78 is 59.8. The molecule has 0 saturated carbocycles. The minimum atomic E-state index is -4.63. The van der Waals surface area contributed by atoms with Crippen molar-refractivity contribution in [3.05, 3.63) is 0 Å². The highest BCUT2D eigenvalue weighted by Crippen LogP contribution is 2.36. The molecule has 1 fully saturated rings. The number of hydrogen-bond donors (Lipinski definition) is 3. The summed E-state index contributed by atoms with van der Waals surface area (Å²) in [5.74, 6) is -5.14. The van der Waals surface area contributed by atoms with Gasteiger partial charge in [-0.25, -0.2) is 8.78 Å². The molecule has 3 atom stereocenters. The number of ether oxygens (including phenoxy) is 1. The van der Waals surface area contributed by atoms with Crippen LogP contribution in [0, 0.1) is 0 Å². The van der Waals surface area contributed by atoms with Gasteiger partial charge in [-0.3, -0.25) is 4.55 Å². The van der Waals surface area contributed by atoms with Crippen LogP contribution in [0.4, 0.5) is 8.78 Å². The van der Waals surface area contributed by atoms with Crippen molar-refractivity contribution in [2.75, 3.05) is 12.4 Å². The molecule has 6 nitrogen and oxygen atoms in total. The largest absolute Gasteiger partial charge is 0.394 e. The van der Waals surface area contributed by atoms with Gasteiger partial charge in [0.05, 0.1) is 6.61 Å². The number of aliphatic hydroxyl groups is 2. The second kappa shape index (κ2) is 3.91. The summed E-state index contributed by atoms with van der Waals surface area (Å²) in [6, 6.07) is 0. The maximum atomic E-state index is 13.1. The summed E-state index contributed by atoms with van der Waals surface area (Å²) in [4.78, 5) is 0. The van der Waals surface area contributed by atoms with E-state index in [2.05, 4.69) is 4.74 Å². The van der Waals surface area contributed by atoms with Crippen molar-refractivity contribution in [3.8, 4) is 0 Å². The smallest absolute Gasteiger partial charge is 0.302 e. The molecule has 90 valence electrons. The number of aliphatic hydroxyl groups excluding tert-OH is 2. The van der Waals surface area contributed by atoms with Crippen LogP contribution >= 0.6 is 0 Å². The Labute approximate surface area is 84.2 Å². The minimum Gasteiger partial charge on any atom is -0.394 e. The van der Waals surface area contributed by atoms with Crippen molar-refractivity contribution in [2.24, 2.45) is 0 Å². The summed E-state index contributed by atoms with van der Waals surface area (Å²) >= 11 is 0. The topological polar surface area (TPSA) is 104 Å². The Hall–Kier alpha value is -0.350. The van der Waals surface area contributed by atoms with Crippen LogP contribution < -0.4 is 0 Å². The Morgan fingerprint density at radius 2 is 1.93 bits per heavy atom. The van der Waals surface area contributed by atoms with Gasteiger partial charge in [-0.15, -0.1) is 0 Å². The van der Waals surface area contributed by atoms with Gasteiger partial charge >= 0.3 is 5.92 Å². The molecule has 1 saturated heterocycles. The number of halogens is 2. The lowest BCUT2D eigenvalue weighted by Crippen LogP contribution is -2.43. The van der Waals surface area contributed by atoms with Crippen LogP contribution in [-0.2, 0) is 14.9 Å². The average Bonchev–Trinajstić information content (AvgIpc) is 2.26. The molecule has 0 aliphatic carbocycles. The lowest BCUT2D eigenvalue weighted by Gasteiger charge is -2.18. The molecule has 1 unspecified atom stereocenters. The zero-order valence-corrected chi connectivity index (χ0v) is 8.19. The van der Waals surface area contributed by atoms with Crippen LogP contribution in [0.5, 0.6) is 0 Å². The Balaban J connectivity index is 2.84. The summed E-state index contributed by atoms with van der Waals surface area (Å²) in [5, 5.41) is 17.5. The first kappa shape index (κ1) is 12.7. The molecule has 1 aliphatic rings. The molecule has 0 aromatic carbocycles. The van der Waals surface area contributed by atoms with Gasteiger partial charge in [-0.05, 0) is 0 Å².